The molecule has 0 spiro atoms. The van der Waals surface area contributed by atoms with E-state index in [1.54, 1.807) is 0 Å². The van der Waals surface area contributed by atoms with Gasteiger partial charge in [0.15, 0.2) is 0 Å². The van der Waals surface area contributed by atoms with E-state index in [0.29, 0.717) is 16.4 Å². The van der Waals surface area contributed by atoms with E-state index in [1.165, 1.54) is 31.3 Å². The third kappa shape index (κ3) is 2.97. The first-order valence-electron chi connectivity index (χ1n) is 10.2. The number of rotatable bonds is 2. The molecule has 0 unspecified atom stereocenters. The molecule has 1 aromatic rings. The molecule has 2 aliphatic carbocycles. The van der Waals surface area contributed by atoms with Crippen LogP contribution in [0.3, 0.4) is 0 Å². The van der Waals surface area contributed by atoms with Gasteiger partial charge >= 0.3 is 0 Å². The molecule has 1 N–H and O–H groups in total. The number of allylic oxidation sites excluding steroid dienone is 2. The second kappa shape index (κ2) is 6.51. The maximum atomic E-state index is 12.5. The summed E-state index contributed by atoms with van der Waals surface area (Å²) in [6.45, 7) is 11.8. The summed E-state index contributed by atoms with van der Waals surface area (Å²) in [5.41, 5.74) is 4.43. The van der Waals surface area contributed by atoms with Gasteiger partial charge in [0.25, 0.3) is 5.91 Å². The predicted octanol–water partition coefficient (Wildman–Crippen LogP) is 6.86. The highest BCUT2D eigenvalue weighted by Crippen LogP contribution is 2.61. The first-order valence-corrected chi connectivity index (χ1v) is 10.6. The Hall–Kier alpha value is -1.54. The zero-order valence-corrected chi connectivity index (χ0v) is 17.5. The lowest BCUT2D eigenvalue weighted by Gasteiger charge is -2.58. The quantitative estimate of drug-likeness (QED) is 0.438. The standard InChI is InChI=1S/C24H30ClNO/c1-15-9-12-20-23(2,3)13-6-14-24(20,4)17(15)11-10-16-21-18(25)7-5-8-19(21)26-22(16)27/h5,7-8,10,17,20H,1,6,9,11-14H2,2-4H3,(H,26,27)/b16-10-/t17-,20-,24+/m0/s1. The number of carbonyl (C=O) groups is 1. The van der Waals surface area contributed by atoms with E-state index >= 15 is 0 Å². The molecule has 1 heterocycles. The molecule has 3 aliphatic rings. The van der Waals surface area contributed by atoms with Crippen LogP contribution in [0.4, 0.5) is 5.69 Å². The number of carbonyl (C=O) groups excluding carboxylic acids is 1. The highest BCUT2D eigenvalue weighted by Gasteiger charge is 2.52. The maximum absolute atomic E-state index is 12.5. The first kappa shape index (κ1) is 18.8. The number of halogens is 1. The van der Waals surface area contributed by atoms with Gasteiger partial charge in [-0.2, -0.15) is 0 Å². The van der Waals surface area contributed by atoms with E-state index < -0.39 is 0 Å². The van der Waals surface area contributed by atoms with Gasteiger partial charge in [-0.15, -0.1) is 0 Å². The summed E-state index contributed by atoms with van der Waals surface area (Å²) in [7, 11) is 0. The molecule has 2 nitrogen and oxygen atoms in total. The van der Waals surface area contributed by atoms with Crippen LogP contribution < -0.4 is 5.32 Å². The SMILES string of the molecule is C=C1CC[C@H]2C(C)(C)CCC[C@]2(C)[C@H]1C/C=C1\C(=O)Nc2cccc(Cl)c21. The number of anilines is 1. The van der Waals surface area contributed by atoms with Crippen molar-refractivity contribution in [2.24, 2.45) is 22.7 Å². The molecule has 2 fully saturated rings. The summed E-state index contributed by atoms with van der Waals surface area (Å²) in [6.07, 6.45) is 9.23. The summed E-state index contributed by atoms with van der Waals surface area (Å²) in [6, 6.07) is 5.65. The molecule has 0 radical (unpaired) electrons. The molecule has 2 saturated carbocycles. The van der Waals surface area contributed by atoms with E-state index in [-0.39, 0.29) is 11.3 Å². The van der Waals surface area contributed by atoms with Crippen molar-refractivity contribution >= 4 is 28.8 Å². The Morgan fingerprint density at radius 2 is 2.07 bits per heavy atom. The molecule has 3 atom stereocenters. The Morgan fingerprint density at radius 1 is 1.30 bits per heavy atom. The first-order chi connectivity index (χ1) is 12.7. The summed E-state index contributed by atoms with van der Waals surface area (Å²) >= 11 is 6.40. The number of nitrogens with one attached hydrogen (secondary N) is 1. The number of benzene rings is 1. The lowest BCUT2D eigenvalue weighted by atomic mass is 9.47. The van der Waals surface area contributed by atoms with Crippen molar-refractivity contribution in [3.05, 3.63) is 47.0 Å². The van der Waals surface area contributed by atoms with Gasteiger partial charge in [-0.1, -0.05) is 63.1 Å². The fraction of sp³-hybridized carbons (Fsp3) is 0.542. The highest BCUT2D eigenvalue weighted by molar-refractivity contribution is 6.39. The topological polar surface area (TPSA) is 29.1 Å². The molecule has 3 heteroatoms. The fourth-order valence-corrected chi connectivity index (χ4v) is 6.62. The Kier molecular flexibility index (Phi) is 4.54. The average Bonchev–Trinajstić information content (AvgIpc) is 2.90. The van der Waals surface area contributed by atoms with Crippen LogP contribution in [-0.4, -0.2) is 5.91 Å². The monoisotopic (exact) mass is 383 g/mol. The van der Waals surface area contributed by atoms with Crippen LogP contribution in [-0.2, 0) is 4.79 Å². The summed E-state index contributed by atoms with van der Waals surface area (Å²) < 4.78 is 0. The van der Waals surface area contributed by atoms with Gasteiger partial charge in [-0.05, 0) is 66.9 Å². The van der Waals surface area contributed by atoms with Crippen LogP contribution >= 0.6 is 11.6 Å². The van der Waals surface area contributed by atoms with Crippen molar-refractivity contribution in [3.63, 3.8) is 0 Å². The van der Waals surface area contributed by atoms with Gasteiger partial charge < -0.3 is 5.32 Å². The van der Waals surface area contributed by atoms with Crippen LogP contribution in [0.25, 0.3) is 5.57 Å². The highest BCUT2D eigenvalue weighted by atomic mass is 35.5. The molecule has 1 aliphatic heterocycles. The molecule has 0 bridgehead atoms. The van der Waals surface area contributed by atoms with Crippen molar-refractivity contribution in [1.82, 2.24) is 0 Å². The van der Waals surface area contributed by atoms with Crippen molar-refractivity contribution in [2.75, 3.05) is 5.32 Å². The van der Waals surface area contributed by atoms with Gasteiger partial charge in [0.05, 0.1) is 10.7 Å². The van der Waals surface area contributed by atoms with Gasteiger partial charge in [0, 0.05) is 11.1 Å². The predicted molar refractivity (Wildman–Crippen MR) is 114 cm³/mol. The Bertz CT molecular complexity index is 837. The molecule has 27 heavy (non-hydrogen) atoms. The minimum absolute atomic E-state index is 0.0369. The van der Waals surface area contributed by atoms with Crippen LogP contribution in [0, 0.1) is 22.7 Å². The van der Waals surface area contributed by atoms with E-state index in [2.05, 4.69) is 38.7 Å². The second-order valence-corrected chi connectivity index (χ2v) is 10.0. The zero-order chi connectivity index (χ0) is 19.4. The third-order valence-corrected chi connectivity index (χ3v) is 7.97. The molecule has 144 valence electrons. The third-order valence-electron chi connectivity index (χ3n) is 7.65. The number of amides is 1. The van der Waals surface area contributed by atoms with Crippen molar-refractivity contribution in [1.29, 1.82) is 0 Å². The lowest BCUT2D eigenvalue weighted by Crippen LogP contribution is -2.49. The number of hydrogen-bond donors (Lipinski definition) is 1. The average molecular weight is 384 g/mol. The number of fused-ring (bicyclic) bond motifs is 2. The molecule has 4 rings (SSSR count). The molecule has 0 saturated heterocycles. The minimum atomic E-state index is -0.0369. The molecule has 0 aromatic heterocycles. The van der Waals surface area contributed by atoms with E-state index in [9.17, 15) is 4.79 Å². The van der Waals surface area contributed by atoms with Crippen molar-refractivity contribution in [2.45, 2.75) is 59.3 Å². The van der Waals surface area contributed by atoms with Crippen LogP contribution in [0.2, 0.25) is 5.02 Å². The lowest BCUT2D eigenvalue weighted by molar-refractivity contribution is -0.110. The summed E-state index contributed by atoms with van der Waals surface area (Å²) in [5, 5.41) is 3.59. The van der Waals surface area contributed by atoms with Gasteiger partial charge in [-0.25, -0.2) is 0 Å². The molecular formula is C24H30ClNO. The Morgan fingerprint density at radius 3 is 2.85 bits per heavy atom. The molecular weight excluding hydrogens is 354 g/mol. The van der Waals surface area contributed by atoms with E-state index in [4.69, 9.17) is 11.6 Å². The van der Waals surface area contributed by atoms with Gasteiger partial charge in [-0.3, -0.25) is 4.79 Å². The second-order valence-electron chi connectivity index (χ2n) is 9.62. The Balaban J connectivity index is 1.67. The van der Waals surface area contributed by atoms with Crippen LogP contribution in [0.5, 0.6) is 0 Å². The fourth-order valence-electron chi connectivity index (χ4n) is 6.35. The zero-order valence-electron chi connectivity index (χ0n) is 16.7. The smallest absolute Gasteiger partial charge is 0.256 e. The number of hydrogen-bond acceptors (Lipinski definition) is 1. The Labute approximate surface area is 168 Å². The summed E-state index contributed by atoms with van der Waals surface area (Å²) in [4.78, 5) is 12.5. The van der Waals surface area contributed by atoms with Crippen molar-refractivity contribution in [3.8, 4) is 0 Å². The normalized spacial score (nSPS) is 33.6. The molecule has 1 amide bonds. The molecule has 1 aromatic carbocycles. The minimum Gasteiger partial charge on any atom is -0.321 e. The van der Waals surface area contributed by atoms with E-state index in [1.807, 2.05) is 18.2 Å². The van der Waals surface area contributed by atoms with Gasteiger partial charge in [0.1, 0.15) is 0 Å². The van der Waals surface area contributed by atoms with Crippen LogP contribution in [0.15, 0.2) is 36.4 Å². The largest absolute Gasteiger partial charge is 0.321 e. The maximum Gasteiger partial charge on any atom is 0.256 e. The van der Waals surface area contributed by atoms with Gasteiger partial charge in [0.2, 0.25) is 0 Å². The van der Waals surface area contributed by atoms with Crippen LogP contribution in [0.1, 0.15) is 64.9 Å². The summed E-state index contributed by atoms with van der Waals surface area (Å²) in [5.74, 6) is 1.12. The van der Waals surface area contributed by atoms with Crippen molar-refractivity contribution < 1.29 is 4.79 Å². The van der Waals surface area contributed by atoms with E-state index in [0.717, 1.165) is 35.6 Å².